The van der Waals surface area contributed by atoms with Crippen molar-refractivity contribution in [2.75, 3.05) is 0 Å². The Labute approximate surface area is 170 Å². The molecule has 0 radical (unpaired) electrons. The zero-order valence-electron chi connectivity index (χ0n) is 16.2. The van der Waals surface area contributed by atoms with Crippen LogP contribution in [0.1, 0.15) is 29.8 Å². The van der Waals surface area contributed by atoms with Crippen molar-refractivity contribution >= 4 is 17.9 Å². The van der Waals surface area contributed by atoms with Gasteiger partial charge in [0, 0.05) is 11.6 Å². The van der Waals surface area contributed by atoms with Crippen LogP contribution in [-0.4, -0.2) is 30.4 Å². The van der Waals surface area contributed by atoms with Gasteiger partial charge in [0.25, 0.3) is 11.8 Å². The second-order valence-corrected chi connectivity index (χ2v) is 6.54. The Morgan fingerprint density at radius 2 is 1.60 bits per heavy atom. The van der Waals surface area contributed by atoms with Crippen LogP contribution in [0.5, 0.6) is 5.75 Å². The number of rotatable bonds is 8. The van der Waals surface area contributed by atoms with E-state index in [4.69, 9.17) is 0 Å². The van der Waals surface area contributed by atoms with Gasteiger partial charge in [-0.1, -0.05) is 30.3 Å². The van der Waals surface area contributed by atoms with Gasteiger partial charge in [0.15, 0.2) is 0 Å². The van der Waals surface area contributed by atoms with E-state index >= 15 is 0 Å². The third kappa shape index (κ3) is 6.61. The Balaban J connectivity index is 2.24. The van der Waals surface area contributed by atoms with Crippen molar-refractivity contribution in [3.05, 3.63) is 71.4 Å². The van der Waals surface area contributed by atoms with Gasteiger partial charge in [-0.2, -0.15) is 17.6 Å². The molecule has 160 valence electrons. The third-order valence-electron chi connectivity index (χ3n) is 3.65. The van der Waals surface area contributed by atoms with Crippen LogP contribution in [0.4, 0.5) is 17.6 Å². The molecule has 0 fully saturated rings. The average molecular weight is 424 g/mol. The first kappa shape index (κ1) is 22.9. The minimum absolute atomic E-state index is 0.0795. The second-order valence-electron chi connectivity index (χ2n) is 6.54. The van der Waals surface area contributed by atoms with Crippen LogP contribution in [0.25, 0.3) is 6.08 Å². The van der Waals surface area contributed by atoms with Crippen molar-refractivity contribution < 1.29 is 31.9 Å². The number of halogens is 4. The van der Waals surface area contributed by atoms with Crippen molar-refractivity contribution in [1.82, 2.24) is 10.6 Å². The van der Waals surface area contributed by atoms with Gasteiger partial charge in [-0.15, -0.1) is 0 Å². The van der Waals surface area contributed by atoms with E-state index in [-0.39, 0.29) is 11.7 Å². The second kappa shape index (κ2) is 9.91. The highest BCUT2D eigenvalue weighted by Crippen LogP contribution is 2.27. The fraction of sp³-hybridized carbons (Fsp3) is 0.238. The van der Waals surface area contributed by atoms with E-state index in [0.717, 1.165) is 12.1 Å². The molecule has 2 aromatic carbocycles. The molecule has 0 bridgehead atoms. The van der Waals surface area contributed by atoms with Crippen LogP contribution in [0.15, 0.2) is 60.3 Å². The number of alkyl halides is 4. The maximum atomic E-state index is 13.0. The molecule has 0 aliphatic rings. The van der Waals surface area contributed by atoms with E-state index in [1.165, 1.54) is 18.2 Å². The topological polar surface area (TPSA) is 67.4 Å². The summed E-state index contributed by atoms with van der Waals surface area (Å²) >= 11 is 0. The van der Waals surface area contributed by atoms with Gasteiger partial charge in [0.05, 0.1) is 0 Å². The lowest BCUT2D eigenvalue weighted by molar-refractivity contribution is -0.253. The fourth-order valence-electron chi connectivity index (χ4n) is 2.28. The van der Waals surface area contributed by atoms with Gasteiger partial charge in [-0.05, 0) is 49.8 Å². The van der Waals surface area contributed by atoms with Crippen molar-refractivity contribution in [3.8, 4) is 5.75 Å². The molecule has 2 rings (SSSR count). The summed E-state index contributed by atoms with van der Waals surface area (Å²) in [4.78, 5) is 24.9. The molecular weight excluding hydrogens is 404 g/mol. The molecule has 0 spiro atoms. The lowest BCUT2D eigenvalue weighted by atomic mass is 10.1. The van der Waals surface area contributed by atoms with E-state index in [2.05, 4.69) is 15.4 Å². The Morgan fingerprint density at radius 1 is 1.00 bits per heavy atom. The number of ether oxygens (including phenoxy) is 1. The number of amides is 2. The zero-order chi connectivity index (χ0) is 22.3. The highest BCUT2D eigenvalue weighted by atomic mass is 19.3. The zero-order valence-corrected chi connectivity index (χ0v) is 16.2. The third-order valence-corrected chi connectivity index (χ3v) is 3.65. The normalized spacial score (nSPS) is 12.1. The van der Waals surface area contributed by atoms with E-state index in [1.807, 2.05) is 0 Å². The fourth-order valence-corrected chi connectivity index (χ4v) is 2.28. The molecule has 0 saturated heterocycles. The Morgan fingerprint density at radius 3 is 2.13 bits per heavy atom. The van der Waals surface area contributed by atoms with Gasteiger partial charge >= 0.3 is 12.5 Å². The minimum atomic E-state index is -4.62. The molecule has 2 aromatic rings. The van der Waals surface area contributed by atoms with Gasteiger partial charge in [-0.25, -0.2) is 0 Å². The monoisotopic (exact) mass is 424 g/mol. The highest BCUT2D eigenvalue weighted by molar-refractivity contribution is 6.05. The molecule has 0 atom stereocenters. The molecule has 30 heavy (non-hydrogen) atoms. The maximum Gasteiger partial charge on any atom is 0.461 e. The van der Waals surface area contributed by atoms with Crippen molar-refractivity contribution in [1.29, 1.82) is 0 Å². The summed E-state index contributed by atoms with van der Waals surface area (Å²) in [7, 11) is 0. The number of carbonyl (C=O) groups excluding carboxylic acids is 2. The average Bonchev–Trinajstić information content (AvgIpc) is 2.68. The van der Waals surface area contributed by atoms with E-state index in [1.54, 1.807) is 44.2 Å². The summed E-state index contributed by atoms with van der Waals surface area (Å²) in [6.45, 7) is 3.48. The van der Waals surface area contributed by atoms with Crippen molar-refractivity contribution in [3.63, 3.8) is 0 Å². The largest absolute Gasteiger partial charge is 0.461 e. The van der Waals surface area contributed by atoms with Crippen LogP contribution in [0.3, 0.4) is 0 Å². The van der Waals surface area contributed by atoms with E-state index in [0.29, 0.717) is 11.1 Å². The molecule has 5 nitrogen and oxygen atoms in total. The summed E-state index contributed by atoms with van der Waals surface area (Å²) in [5, 5.41) is 5.16. The Hall–Kier alpha value is -3.36. The molecule has 9 heteroatoms. The van der Waals surface area contributed by atoms with Crippen LogP contribution < -0.4 is 15.4 Å². The maximum absolute atomic E-state index is 13.0. The lowest BCUT2D eigenvalue weighted by Gasteiger charge is -2.17. The molecule has 0 aliphatic heterocycles. The number of carbonyl (C=O) groups is 2. The predicted octanol–water partition coefficient (Wildman–Crippen LogP) is 4.22. The number of nitrogens with one attached hydrogen (secondary N) is 2. The van der Waals surface area contributed by atoms with Crippen LogP contribution in [0, 0.1) is 0 Å². The summed E-state index contributed by atoms with van der Waals surface area (Å²) in [6, 6.07) is 12.7. The van der Waals surface area contributed by atoms with Crippen LogP contribution >= 0.6 is 0 Å². The van der Waals surface area contributed by atoms with E-state index < -0.39 is 30.1 Å². The summed E-state index contributed by atoms with van der Waals surface area (Å²) in [6.07, 6.45) is -7.27. The van der Waals surface area contributed by atoms with Crippen LogP contribution in [0.2, 0.25) is 0 Å². The van der Waals surface area contributed by atoms with Gasteiger partial charge < -0.3 is 15.4 Å². The van der Waals surface area contributed by atoms with Gasteiger partial charge in [-0.3, -0.25) is 9.59 Å². The summed E-state index contributed by atoms with van der Waals surface area (Å²) < 4.78 is 54.4. The first-order chi connectivity index (χ1) is 14.1. The predicted molar refractivity (Wildman–Crippen MR) is 103 cm³/mol. The summed E-state index contributed by atoms with van der Waals surface area (Å²) in [5.41, 5.74) is 0.604. The van der Waals surface area contributed by atoms with Gasteiger partial charge in [0.1, 0.15) is 11.4 Å². The highest BCUT2D eigenvalue weighted by Gasteiger charge is 2.43. The Kier molecular flexibility index (Phi) is 7.57. The molecule has 0 aromatic heterocycles. The molecule has 2 N–H and O–H groups in total. The molecule has 0 saturated carbocycles. The minimum Gasteiger partial charge on any atom is -0.428 e. The number of benzene rings is 2. The van der Waals surface area contributed by atoms with Crippen LogP contribution in [-0.2, 0) is 4.79 Å². The molecule has 2 amide bonds. The smallest absolute Gasteiger partial charge is 0.428 e. The Bertz CT molecular complexity index is 898. The lowest BCUT2D eigenvalue weighted by Crippen LogP contribution is -2.38. The summed E-state index contributed by atoms with van der Waals surface area (Å²) in [5.74, 6) is -1.55. The standard InChI is InChI=1S/C21H20F4N2O3/c1-13(2)26-19(29)17(27-18(28)15-6-4-3-5-7-15)12-14-8-10-16(11-9-14)30-21(24,25)20(22)23/h3-13,20H,1-2H3,(H,26,29)(H,27,28). The first-order valence-electron chi connectivity index (χ1n) is 8.92. The number of hydrogen-bond donors (Lipinski definition) is 2. The molecule has 0 unspecified atom stereocenters. The van der Waals surface area contributed by atoms with Crippen molar-refractivity contribution in [2.45, 2.75) is 32.4 Å². The van der Waals surface area contributed by atoms with Crippen molar-refractivity contribution in [2.24, 2.45) is 0 Å². The molecular formula is C21H20F4N2O3. The van der Waals surface area contributed by atoms with Gasteiger partial charge in [0.2, 0.25) is 0 Å². The molecule has 0 aliphatic carbocycles. The SMILES string of the molecule is CC(C)NC(=O)C(=Cc1ccc(OC(F)(F)C(F)F)cc1)NC(=O)c1ccccc1. The first-order valence-corrected chi connectivity index (χ1v) is 8.92. The number of hydrogen-bond acceptors (Lipinski definition) is 3. The van der Waals surface area contributed by atoms with E-state index in [9.17, 15) is 27.2 Å². The molecule has 0 heterocycles. The quantitative estimate of drug-likeness (QED) is 0.493.